The normalized spacial score (nSPS) is 13.6. The summed E-state index contributed by atoms with van der Waals surface area (Å²) in [6.45, 7) is 3.94. The van der Waals surface area contributed by atoms with Crippen molar-refractivity contribution in [1.82, 2.24) is 0 Å². The molecule has 0 aliphatic carbocycles. The summed E-state index contributed by atoms with van der Waals surface area (Å²) in [4.78, 5) is 0.705. The van der Waals surface area contributed by atoms with E-state index in [-0.39, 0.29) is 5.60 Å². The van der Waals surface area contributed by atoms with Gasteiger partial charge in [-0.25, -0.2) is 0 Å². The Bertz CT molecular complexity index is 421. The van der Waals surface area contributed by atoms with E-state index in [0.29, 0.717) is 21.4 Å². The molecule has 2 N–H and O–H groups in total. The van der Waals surface area contributed by atoms with Crippen LogP contribution in [0.5, 0.6) is 0 Å². The molecule has 0 radical (unpaired) electrons. The highest BCUT2D eigenvalue weighted by atomic mass is 35.5. The van der Waals surface area contributed by atoms with Crippen LogP contribution in [-0.2, 0) is 15.5 Å². The van der Waals surface area contributed by atoms with Crippen molar-refractivity contribution in [2.45, 2.75) is 30.8 Å². The number of benzene rings is 1. The maximum Gasteiger partial charge on any atom is 0.0647 e. The van der Waals surface area contributed by atoms with E-state index < -0.39 is 10.8 Å². The van der Waals surface area contributed by atoms with Crippen LogP contribution < -0.4 is 5.73 Å². The Hall–Kier alpha value is -0.580. The molecule has 1 aromatic rings. The van der Waals surface area contributed by atoms with Crippen LogP contribution in [0, 0.1) is 0 Å². The topological polar surface area (TPSA) is 52.3 Å². The highest BCUT2D eigenvalue weighted by Crippen LogP contribution is 2.23. The van der Waals surface area contributed by atoms with E-state index in [2.05, 4.69) is 0 Å². The monoisotopic (exact) mass is 275 g/mol. The van der Waals surface area contributed by atoms with Gasteiger partial charge < -0.3 is 10.5 Å². The van der Waals surface area contributed by atoms with Crippen molar-refractivity contribution in [2.75, 3.05) is 18.6 Å². The molecule has 96 valence electrons. The maximum atomic E-state index is 12.0. The zero-order valence-corrected chi connectivity index (χ0v) is 11.9. The minimum Gasteiger partial charge on any atom is -0.398 e. The molecule has 1 unspecified atom stereocenters. The van der Waals surface area contributed by atoms with E-state index in [9.17, 15) is 4.21 Å². The van der Waals surface area contributed by atoms with Crippen molar-refractivity contribution in [2.24, 2.45) is 0 Å². The molecular weight excluding hydrogens is 258 g/mol. The summed E-state index contributed by atoms with van der Waals surface area (Å²) in [5.74, 6) is 0.543. The maximum absolute atomic E-state index is 12.0. The van der Waals surface area contributed by atoms with Gasteiger partial charge in [0.2, 0.25) is 0 Å². The second-order valence-corrected chi connectivity index (χ2v) is 6.42. The lowest BCUT2D eigenvalue weighted by atomic mass is 10.1. The number of nitrogen functional groups attached to an aromatic ring is 1. The fourth-order valence-electron chi connectivity index (χ4n) is 1.21. The molecule has 1 atom stereocenters. The van der Waals surface area contributed by atoms with Crippen LogP contribution in [-0.4, -0.2) is 22.7 Å². The van der Waals surface area contributed by atoms with Crippen LogP contribution in [0.15, 0.2) is 23.1 Å². The van der Waals surface area contributed by atoms with Crippen molar-refractivity contribution >= 4 is 28.1 Å². The van der Waals surface area contributed by atoms with Gasteiger partial charge in [-0.15, -0.1) is 0 Å². The third-order valence-electron chi connectivity index (χ3n) is 2.68. The molecule has 0 heterocycles. The number of methoxy groups -OCH3 is 1. The van der Waals surface area contributed by atoms with E-state index in [1.165, 1.54) is 0 Å². The van der Waals surface area contributed by atoms with Gasteiger partial charge in [0.15, 0.2) is 0 Å². The summed E-state index contributed by atoms with van der Waals surface area (Å²) in [6, 6.07) is 5.08. The average Bonchev–Trinajstić information content (AvgIpc) is 2.30. The quantitative estimate of drug-likeness (QED) is 0.841. The molecule has 0 saturated heterocycles. The van der Waals surface area contributed by atoms with E-state index in [0.717, 1.165) is 6.42 Å². The SMILES string of the molecule is COC(C)(C)CCS(=O)c1ccc(N)c(Cl)c1. The second-order valence-electron chi connectivity index (χ2n) is 4.45. The third kappa shape index (κ3) is 4.30. The van der Waals surface area contributed by atoms with Crippen LogP contribution in [0.2, 0.25) is 5.02 Å². The Balaban J connectivity index is 2.68. The first-order valence-corrected chi connectivity index (χ1v) is 7.04. The lowest BCUT2D eigenvalue weighted by Gasteiger charge is -2.22. The predicted octanol–water partition coefficient (Wildman–Crippen LogP) is 2.84. The highest BCUT2D eigenvalue weighted by Gasteiger charge is 2.18. The van der Waals surface area contributed by atoms with Gasteiger partial charge in [0, 0.05) is 17.8 Å². The molecular formula is C12H18ClNO2S. The summed E-state index contributed by atoms with van der Waals surface area (Å²) in [5, 5.41) is 0.446. The number of nitrogens with two attached hydrogens (primary N) is 1. The van der Waals surface area contributed by atoms with Crippen LogP contribution in [0.25, 0.3) is 0 Å². The molecule has 0 bridgehead atoms. The highest BCUT2D eigenvalue weighted by molar-refractivity contribution is 7.85. The number of ether oxygens (including phenoxy) is 1. The molecule has 1 rings (SSSR count). The van der Waals surface area contributed by atoms with Crippen LogP contribution in [0.4, 0.5) is 5.69 Å². The van der Waals surface area contributed by atoms with Crippen LogP contribution in [0.1, 0.15) is 20.3 Å². The van der Waals surface area contributed by atoms with Crippen molar-refractivity contribution < 1.29 is 8.95 Å². The molecule has 5 heteroatoms. The van der Waals surface area contributed by atoms with Crippen molar-refractivity contribution in [1.29, 1.82) is 0 Å². The van der Waals surface area contributed by atoms with Gasteiger partial charge in [-0.1, -0.05) is 11.6 Å². The lowest BCUT2D eigenvalue weighted by molar-refractivity contribution is 0.0205. The summed E-state index contributed by atoms with van der Waals surface area (Å²) >= 11 is 5.89. The Kier molecular flexibility index (Phi) is 4.98. The smallest absolute Gasteiger partial charge is 0.0647 e. The number of anilines is 1. The van der Waals surface area contributed by atoms with E-state index in [1.54, 1.807) is 25.3 Å². The van der Waals surface area contributed by atoms with Gasteiger partial charge >= 0.3 is 0 Å². The van der Waals surface area contributed by atoms with Gasteiger partial charge in [-0.3, -0.25) is 4.21 Å². The summed E-state index contributed by atoms with van der Waals surface area (Å²) in [5.41, 5.74) is 5.85. The standard InChI is InChI=1S/C12H18ClNO2S/c1-12(2,16-3)6-7-17(15)9-4-5-11(14)10(13)8-9/h4-5,8H,6-7,14H2,1-3H3. The molecule has 0 amide bonds. The number of rotatable bonds is 5. The average molecular weight is 276 g/mol. The number of hydrogen-bond donors (Lipinski definition) is 1. The fraction of sp³-hybridized carbons (Fsp3) is 0.500. The summed E-state index contributed by atoms with van der Waals surface area (Å²) < 4.78 is 17.3. The Morgan fingerprint density at radius 2 is 2.12 bits per heavy atom. The molecule has 0 fully saturated rings. The molecule has 0 spiro atoms. The van der Waals surface area contributed by atoms with Gasteiger partial charge in [-0.05, 0) is 38.5 Å². The Morgan fingerprint density at radius 3 is 2.65 bits per heavy atom. The minimum atomic E-state index is -1.07. The van der Waals surface area contributed by atoms with Crippen molar-refractivity contribution in [3.8, 4) is 0 Å². The Morgan fingerprint density at radius 1 is 1.47 bits per heavy atom. The van der Waals surface area contributed by atoms with Gasteiger partial charge in [0.1, 0.15) is 0 Å². The van der Waals surface area contributed by atoms with Gasteiger partial charge in [-0.2, -0.15) is 0 Å². The summed E-state index contributed by atoms with van der Waals surface area (Å²) in [6.07, 6.45) is 0.720. The molecule has 3 nitrogen and oxygen atoms in total. The second kappa shape index (κ2) is 5.85. The van der Waals surface area contributed by atoms with Crippen LogP contribution in [0.3, 0.4) is 0 Å². The van der Waals surface area contributed by atoms with Gasteiger partial charge in [0.25, 0.3) is 0 Å². The molecule has 1 aromatic carbocycles. The zero-order chi connectivity index (χ0) is 13.1. The number of hydrogen-bond acceptors (Lipinski definition) is 3. The summed E-state index contributed by atoms with van der Waals surface area (Å²) in [7, 11) is 0.586. The Labute approximate surface area is 110 Å². The van der Waals surface area contributed by atoms with E-state index in [1.807, 2.05) is 13.8 Å². The van der Waals surface area contributed by atoms with E-state index in [4.69, 9.17) is 22.1 Å². The largest absolute Gasteiger partial charge is 0.398 e. The molecule has 0 saturated carbocycles. The molecule has 0 aliphatic rings. The zero-order valence-electron chi connectivity index (χ0n) is 10.3. The first kappa shape index (κ1) is 14.5. The number of halogens is 1. The molecule has 0 aliphatic heterocycles. The van der Waals surface area contributed by atoms with Crippen LogP contribution >= 0.6 is 11.6 Å². The molecule has 0 aromatic heterocycles. The minimum absolute atomic E-state index is 0.257. The predicted molar refractivity (Wildman–Crippen MR) is 72.8 cm³/mol. The van der Waals surface area contributed by atoms with Crippen molar-refractivity contribution in [3.05, 3.63) is 23.2 Å². The van der Waals surface area contributed by atoms with Crippen molar-refractivity contribution in [3.63, 3.8) is 0 Å². The fourth-order valence-corrected chi connectivity index (χ4v) is 2.83. The molecule has 17 heavy (non-hydrogen) atoms. The van der Waals surface area contributed by atoms with E-state index >= 15 is 0 Å². The first-order chi connectivity index (χ1) is 7.85. The first-order valence-electron chi connectivity index (χ1n) is 5.34. The third-order valence-corrected chi connectivity index (χ3v) is 4.36. The lowest BCUT2D eigenvalue weighted by Crippen LogP contribution is -2.24. The van der Waals surface area contributed by atoms with Gasteiger partial charge in [0.05, 0.1) is 27.1 Å².